The third kappa shape index (κ3) is 9.74. The van der Waals surface area contributed by atoms with Crippen molar-refractivity contribution in [2.24, 2.45) is 5.92 Å². The minimum Gasteiger partial charge on any atom is -0.497 e. The molecule has 2 heterocycles. The number of rotatable bonds is 16. The van der Waals surface area contributed by atoms with Gasteiger partial charge in [-0.3, -0.25) is 29.0 Å². The van der Waals surface area contributed by atoms with Crippen molar-refractivity contribution in [2.75, 3.05) is 13.7 Å². The van der Waals surface area contributed by atoms with Gasteiger partial charge < -0.3 is 40.0 Å². The minimum absolute atomic E-state index is 0.0322. The van der Waals surface area contributed by atoms with Crippen molar-refractivity contribution >= 4 is 35.9 Å². The first-order valence-corrected chi connectivity index (χ1v) is 14.4. The molecule has 1 aliphatic rings. The molecule has 14 nitrogen and oxygen atoms in total. The summed E-state index contributed by atoms with van der Waals surface area (Å²) in [7, 11) is 1.49. The fourth-order valence-corrected chi connectivity index (χ4v) is 5.17. The van der Waals surface area contributed by atoms with Crippen molar-refractivity contribution < 1.29 is 48.5 Å². The van der Waals surface area contributed by atoms with E-state index in [1.165, 1.54) is 18.2 Å². The van der Waals surface area contributed by atoms with E-state index in [9.17, 15) is 33.9 Å². The summed E-state index contributed by atoms with van der Waals surface area (Å²) in [5.41, 5.74) is 0.470. The van der Waals surface area contributed by atoms with Crippen molar-refractivity contribution in [3.05, 3.63) is 54.4 Å². The van der Waals surface area contributed by atoms with Crippen LogP contribution in [-0.4, -0.2) is 93.9 Å². The Bertz CT molecular complexity index is 1370. The Labute approximate surface area is 260 Å². The minimum atomic E-state index is -1.35. The maximum absolute atomic E-state index is 14.1. The molecule has 45 heavy (non-hydrogen) atoms. The summed E-state index contributed by atoms with van der Waals surface area (Å²) in [6, 6.07) is 7.90. The van der Waals surface area contributed by atoms with Crippen LogP contribution in [-0.2, 0) is 28.8 Å². The van der Waals surface area contributed by atoms with Gasteiger partial charge in [-0.25, -0.2) is 0 Å². The molecule has 3 rings (SSSR count). The molecule has 1 fully saturated rings. The number of aldehydes is 1. The van der Waals surface area contributed by atoms with E-state index in [0.717, 1.165) is 0 Å². The second-order valence-corrected chi connectivity index (χ2v) is 11.0. The molecule has 1 unspecified atom stereocenters. The highest BCUT2D eigenvalue weighted by molar-refractivity contribution is 5.95. The first-order chi connectivity index (χ1) is 21.4. The van der Waals surface area contributed by atoms with E-state index in [4.69, 9.17) is 14.6 Å². The number of carboxylic acid groups (broad SMARTS) is 2. The van der Waals surface area contributed by atoms with Gasteiger partial charge in [0.15, 0.2) is 0 Å². The number of pyridine rings is 1. The number of methoxy groups -OCH3 is 1. The van der Waals surface area contributed by atoms with E-state index in [-0.39, 0.29) is 31.6 Å². The van der Waals surface area contributed by atoms with Gasteiger partial charge in [0.25, 0.3) is 0 Å². The molecule has 0 bridgehead atoms. The number of nitrogens with zero attached hydrogens (tertiary/aromatic N) is 2. The van der Waals surface area contributed by atoms with Crippen LogP contribution in [0.3, 0.4) is 0 Å². The van der Waals surface area contributed by atoms with Gasteiger partial charge in [0.05, 0.1) is 37.7 Å². The van der Waals surface area contributed by atoms with Gasteiger partial charge in [-0.1, -0.05) is 26.0 Å². The predicted molar refractivity (Wildman–Crippen MR) is 158 cm³/mol. The first kappa shape index (κ1) is 34.5. The van der Waals surface area contributed by atoms with E-state index < -0.39 is 72.6 Å². The van der Waals surface area contributed by atoms with E-state index in [2.05, 4.69) is 15.6 Å². The molecule has 242 valence electrons. The molecule has 2 aromatic rings. The first-order valence-electron chi connectivity index (χ1n) is 14.4. The number of carboxylic acids is 2. The number of carbonyl (C=O) groups excluding carboxylic acids is 4. The fourth-order valence-electron chi connectivity index (χ4n) is 5.17. The highest BCUT2D eigenvalue weighted by Crippen LogP contribution is 2.28. The van der Waals surface area contributed by atoms with Gasteiger partial charge in [0, 0.05) is 25.1 Å². The van der Waals surface area contributed by atoms with Crippen LogP contribution < -0.4 is 20.1 Å². The van der Waals surface area contributed by atoms with E-state index in [1.54, 1.807) is 42.5 Å². The second kappa shape index (κ2) is 16.2. The zero-order chi connectivity index (χ0) is 33.1. The summed E-state index contributed by atoms with van der Waals surface area (Å²) < 4.78 is 11.3. The number of hydrogen-bond acceptors (Lipinski definition) is 9. The Morgan fingerprint density at radius 3 is 2.38 bits per heavy atom. The Hall–Kier alpha value is -5.01. The number of nitrogens with one attached hydrogen (secondary N) is 2. The fraction of sp³-hybridized carbons (Fsp3) is 0.452. The Morgan fingerprint density at radius 1 is 1.04 bits per heavy atom. The average molecular weight is 627 g/mol. The molecular formula is C31H38N4O10. The van der Waals surface area contributed by atoms with Crippen LogP contribution in [0.5, 0.6) is 11.5 Å². The van der Waals surface area contributed by atoms with Crippen LogP contribution in [0.4, 0.5) is 0 Å². The number of aromatic nitrogens is 1. The van der Waals surface area contributed by atoms with Gasteiger partial charge in [-0.05, 0) is 36.6 Å². The highest BCUT2D eigenvalue weighted by Gasteiger charge is 2.44. The lowest BCUT2D eigenvalue weighted by Gasteiger charge is -2.30. The van der Waals surface area contributed by atoms with Crippen LogP contribution >= 0.6 is 0 Å². The largest absolute Gasteiger partial charge is 0.497 e. The molecule has 14 heteroatoms. The van der Waals surface area contributed by atoms with Crippen LogP contribution in [0.1, 0.15) is 51.1 Å². The second-order valence-electron chi connectivity index (χ2n) is 11.0. The molecule has 1 aliphatic heterocycles. The molecular weight excluding hydrogens is 588 g/mol. The van der Waals surface area contributed by atoms with E-state index >= 15 is 0 Å². The van der Waals surface area contributed by atoms with Crippen molar-refractivity contribution in [1.29, 1.82) is 0 Å². The smallest absolute Gasteiger partial charge is 0.305 e. The molecule has 0 saturated carbocycles. The summed E-state index contributed by atoms with van der Waals surface area (Å²) in [6.07, 6.45) is -0.313. The molecule has 4 N–H and O–H groups in total. The monoisotopic (exact) mass is 626 g/mol. The lowest BCUT2D eigenvalue weighted by molar-refractivity contribution is -0.144. The van der Waals surface area contributed by atoms with Crippen molar-refractivity contribution in [3.63, 3.8) is 0 Å². The molecule has 0 spiro atoms. The van der Waals surface area contributed by atoms with E-state index in [0.29, 0.717) is 17.2 Å². The van der Waals surface area contributed by atoms with Gasteiger partial charge >= 0.3 is 11.9 Å². The molecule has 3 amide bonds. The van der Waals surface area contributed by atoms with Gasteiger partial charge in [-0.15, -0.1) is 0 Å². The quantitative estimate of drug-likeness (QED) is 0.196. The zero-order valence-electron chi connectivity index (χ0n) is 25.3. The predicted octanol–water partition coefficient (Wildman–Crippen LogP) is 1.39. The van der Waals surface area contributed by atoms with Gasteiger partial charge in [0.1, 0.15) is 36.0 Å². The number of amides is 3. The molecule has 5 atom stereocenters. The van der Waals surface area contributed by atoms with Crippen molar-refractivity contribution in [3.8, 4) is 11.5 Å². The van der Waals surface area contributed by atoms with Gasteiger partial charge in [0.2, 0.25) is 17.7 Å². The molecule has 1 aromatic carbocycles. The van der Waals surface area contributed by atoms with E-state index in [1.807, 2.05) is 13.8 Å². The third-order valence-electron chi connectivity index (χ3n) is 7.30. The summed E-state index contributed by atoms with van der Waals surface area (Å²) in [6.45, 7) is 3.51. The maximum atomic E-state index is 14.1. The lowest BCUT2D eigenvalue weighted by Crippen LogP contribution is -2.55. The molecule has 0 aliphatic carbocycles. The third-order valence-corrected chi connectivity index (χ3v) is 7.30. The number of hydrogen-bond donors (Lipinski definition) is 4. The Balaban J connectivity index is 1.91. The summed E-state index contributed by atoms with van der Waals surface area (Å²) >= 11 is 0. The Morgan fingerprint density at radius 2 is 1.78 bits per heavy atom. The van der Waals surface area contributed by atoms with Gasteiger partial charge in [-0.2, -0.15) is 0 Å². The normalized spacial score (nSPS) is 17.9. The SMILES string of the molecule is COc1cccc(O[C@H]2C[C@@H](C(=O)N[C@H](C=O)CC(=O)O)N(C(=O)[C@H](CCC(=O)O)NC(=O)C(c3ccccn3)C(C)C)C2)c1. The van der Waals surface area contributed by atoms with Crippen molar-refractivity contribution in [1.82, 2.24) is 20.5 Å². The van der Waals surface area contributed by atoms with Crippen LogP contribution in [0.2, 0.25) is 0 Å². The summed E-state index contributed by atoms with van der Waals surface area (Å²) in [5, 5.41) is 23.5. The molecule has 0 radical (unpaired) electrons. The average Bonchev–Trinajstić information content (AvgIpc) is 3.42. The summed E-state index contributed by atoms with van der Waals surface area (Å²) in [5.74, 6) is -4.64. The number of aliphatic carboxylic acids is 2. The van der Waals surface area contributed by atoms with Crippen LogP contribution in [0.25, 0.3) is 0 Å². The van der Waals surface area contributed by atoms with Crippen molar-refractivity contribution in [2.45, 2.75) is 69.7 Å². The molecule has 1 saturated heterocycles. The highest BCUT2D eigenvalue weighted by atomic mass is 16.5. The lowest BCUT2D eigenvalue weighted by atomic mass is 9.90. The topological polar surface area (TPSA) is 202 Å². The number of ether oxygens (including phenoxy) is 2. The van der Waals surface area contributed by atoms with Crippen LogP contribution in [0, 0.1) is 5.92 Å². The molecule has 1 aromatic heterocycles. The maximum Gasteiger partial charge on any atom is 0.305 e. The Kier molecular flexibility index (Phi) is 12.4. The number of likely N-dealkylation sites (tertiary alicyclic amines) is 1. The summed E-state index contributed by atoms with van der Waals surface area (Å²) in [4.78, 5) is 80.6. The number of benzene rings is 1. The zero-order valence-corrected chi connectivity index (χ0v) is 25.3. The number of carbonyl (C=O) groups is 6. The standard InChI is InChI=1S/C31H38N4O10/c1-18(2)28(23-9-4-5-12-32-23)30(42)34-24(10-11-26(37)38)31(43)35-16-22(45-21-8-6-7-20(14-21)44-3)15-25(35)29(41)33-19(17-36)13-27(39)40/h4-9,12,14,17-19,22,24-25,28H,10-11,13,15-16H2,1-3H3,(H,33,41)(H,34,42)(H,37,38)(H,39,40)/t19-,22-,24-,25-,28?/m0/s1. The van der Waals surface area contributed by atoms with Crippen LogP contribution in [0.15, 0.2) is 48.7 Å².